The molecule has 3 rings (SSSR count). The van der Waals surface area contributed by atoms with Gasteiger partial charge in [0.1, 0.15) is 11.4 Å². The zero-order valence-corrected chi connectivity index (χ0v) is 18.9. The summed E-state index contributed by atoms with van der Waals surface area (Å²) in [6.45, 7) is 5.81. The van der Waals surface area contributed by atoms with E-state index in [9.17, 15) is 14.9 Å². The van der Waals surface area contributed by atoms with Crippen molar-refractivity contribution in [1.82, 2.24) is 25.1 Å². The number of carbonyl (C=O) groups is 1. The number of amides is 1. The van der Waals surface area contributed by atoms with Crippen LogP contribution >= 0.6 is 11.8 Å². The Morgan fingerprint density at radius 1 is 1.28 bits per heavy atom. The summed E-state index contributed by atoms with van der Waals surface area (Å²) in [5, 5.41) is 23.2. The van der Waals surface area contributed by atoms with E-state index < -0.39 is 10.8 Å². The predicted octanol–water partition coefficient (Wildman–Crippen LogP) is 2.72. The van der Waals surface area contributed by atoms with Crippen molar-refractivity contribution in [2.75, 3.05) is 32.1 Å². The number of aromatic nitrogens is 4. The van der Waals surface area contributed by atoms with Gasteiger partial charge in [-0.25, -0.2) is 14.6 Å². The fraction of sp³-hybridized carbons (Fsp3) is 0.400. The molecule has 0 saturated carbocycles. The van der Waals surface area contributed by atoms with Gasteiger partial charge >= 0.3 is 0 Å². The summed E-state index contributed by atoms with van der Waals surface area (Å²) in [5.41, 5.74) is 0.429. The monoisotopic (exact) mass is 459 g/mol. The lowest BCUT2D eigenvalue weighted by Gasteiger charge is -2.11. The number of para-hydroxylation sites is 1. The van der Waals surface area contributed by atoms with Crippen molar-refractivity contribution in [3.05, 3.63) is 46.1 Å². The maximum atomic E-state index is 12.4. The van der Waals surface area contributed by atoms with Crippen molar-refractivity contribution in [3.63, 3.8) is 0 Å². The number of nitro groups is 1. The Balaban J connectivity index is 1.76. The third kappa shape index (κ3) is 5.71. The van der Waals surface area contributed by atoms with Crippen molar-refractivity contribution >= 4 is 40.2 Å². The van der Waals surface area contributed by atoms with Crippen molar-refractivity contribution in [3.8, 4) is 0 Å². The lowest BCUT2D eigenvalue weighted by atomic mass is 10.1. The molecule has 2 N–H and O–H groups in total. The number of carbonyl (C=O) groups excluding carboxylic acids is 1. The van der Waals surface area contributed by atoms with Gasteiger partial charge in [0.15, 0.2) is 10.8 Å². The molecule has 0 bridgehead atoms. The van der Waals surface area contributed by atoms with Gasteiger partial charge in [0.05, 0.1) is 29.7 Å². The summed E-state index contributed by atoms with van der Waals surface area (Å²) in [4.78, 5) is 32.3. The molecule has 0 fully saturated rings. The molecule has 0 atom stereocenters. The van der Waals surface area contributed by atoms with Crippen LogP contribution in [0.5, 0.6) is 0 Å². The second-order valence-electron chi connectivity index (χ2n) is 7.08. The molecule has 0 aliphatic heterocycles. The Morgan fingerprint density at radius 2 is 2.06 bits per heavy atom. The third-order valence-corrected chi connectivity index (χ3v) is 5.23. The van der Waals surface area contributed by atoms with Crippen LogP contribution in [0.3, 0.4) is 0 Å². The van der Waals surface area contributed by atoms with Crippen LogP contribution in [0.25, 0.3) is 11.0 Å². The Kier molecular flexibility index (Phi) is 7.95. The van der Waals surface area contributed by atoms with Gasteiger partial charge in [-0.05, 0) is 6.07 Å². The molecule has 2 aromatic heterocycles. The molecule has 32 heavy (non-hydrogen) atoms. The summed E-state index contributed by atoms with van der Waals surface area (Å²) in [5.74, 6) is 0.159. The first-order valence-corrected chi connectivity index (χ1v) is 10.9. The molecule has 3 aromatic rings. The maximum Gasteiger partial charge on any atom is 0.282 e. The number of rotatable bonds is 11. The number of hydrogen-bond donors (Lipinski definition) is 2. The molecule has 1 amide bonds. The van der Waals surface area contributed by atoms with E-state index >= 15 is 0 Å². The lowest BCUT2D eigenvalue weighted by Crippen LogP contribution is -2.28. The van der Waals surface area contributed by atoms with Crippen LogP contribution in [-0.4, -0.2) is 62.6 Å². The number of ether oxygens (including phenoxy) is 1. The van der Waals surface area contributed by atoms with Crippen LogP contribution in [0.15, 0.2) is 35.6 Å². The second-order valence-corrected chi connectivity index (χ2v) is 8.62. The molecule has 11 nitrogen and oxygen atoms in total. The van der Waals surface area contributed by atoms with Gasteiger partial charge in [-0.3, -0.25) is 14.9 Å². The highest BCUT2D eigenvalue weighted by molar-refractivity contribution is 7.99. The van der Waals surface area contributed by atoms with E-state index in [4.69, 9.17) is 4.74 Å². The zero-order chi connectivity index (χ0) is 23.1. The molecule has 0 radical (unpaired) electrons. The molecule has 0 aliphatic rings. The summed E-state index contributed by atoms with van der Waals surface area (Å²) >= 11 is 1.54. The number of benzene rings is 1. The second kappa shape index (κ2) is 10.9. The number of anilines is 1. The number of nitrogens with one attached hydrogen (secondary N) is 2. The highest BCUT2D eigenvalue weighted by Gasteiger charge is 2.19. The predicted molar refractivity (Wildman–Crippen MR) is 122 cm³/mol. The summed E-state index contributed by atoms with van der Waals surface area (Å²) < 4.78 is 6.78. The summed E-state index contributed by atoms with van der Waals surface area (Å²) in [6, 6.07) is 5.84. The fourth-order valence-corrected chi connectivity index (χ4v) is 3.67. The zero-order valence-electron chi connectivity index (χ0n) is 18.1. The van der Waals surface area contributed by atoms with Gasteiger partial charge in [0.2, 0.25) is 0 Å². The minimum atomic E-state index is -0.571. The van der Waals surface area contributed by atoms with Crippen LogP contribution in [0.4, 0.5) is 11.5 Å². The van der Waals surface area contributed by atoms with E-state index in [0.29, 0.717) is 41.6 Å². The van der Waals surface area contributed by atoms with Crippen LogP contribution in [0, 0.1) is 10.1 Å². The van der Waals surface area contributed by atoms with Crippen LogP contribution in [0.1, 0.15) is 24.2 Å². The molecule has 0 saturated heterocycles. The summed E-state index contributed by atoms with van der Waals surface area (Å²) in [6.07, 6.45) is 1.68. The fourth-order valence-electron chi connectivity index (χ4n) is 2.96. The SMILES string of the molecule is COCCNc1nc(SC(C)C)nc2c1cnn2CCNC(=O)c1ccccc1[N+](=O)[O-]. The average Bonchev–Trinajstić information content (AvgIpc) is 3.16. The van der Waals surface area contributed by atoms with Crippen LogP contribution in [-0.2, 0) is 11.3 Å². The van der Waals surface area contributed by atoms with E-state index in [2.05, 4.69) is 39.5 Å². The maximum absolute atomic E-state index is 12.4. The number of methoxy groups -OCH3 is 1. The number of hydrogen-bond acceptors (Lipinski definition) is 9. The molecule has 0 spiro atoms. The highest BCUT2D eigenvalue weighted by atomic mass is 32.2. The first kappa shape index (κ1) is 23.4. The lowest BCUT2D eigenvalue weighted by molar-refractivity contribution is -0.385. The van der Waals surface area contributed by atoms with E-state index in [1.54, 1.807) is 35.8 Å². The third-order valence-electron chi connectivity index (χ3n) is 4.37. The van der Waals surface area contributed by atoms with E-state index in [1.165, 1.54) is 18.2 Å². The van der Waals surface area contributed by atoms with E-state index in [-0.39, 0.29) is 17.8 Å². The van der Waals surface area contributed by atoms with Gasteiger partial charge in [-0.15, -0.1) is 0 Å². The Hall–Kier alpha value is -3.25. The Labute approximate surface area is 189 Å². The average molecular weight is 460 g/mol. The van der Waals surface area contributed by atoms with Gasteiger partial charge < -0.3 is 15.4 Å². The number of thioether (sulfide) groups is 1. The van der Waals surface area contributed by atoms with Crippen molar-refractivity contribution in [2.24, 2.45) is 0 Å². The highest BCUT2D eigenvalue weighted by Crippen LogP contribution is 2.26. The smallest absolute Gasteiger partial charge is 0.282 e. The van der Waals surface area contributed by atoms with Crippen molar-refractivity contribution in [1.29, 1.82) is 0 Å². The molecule has 0 unspecified atom stereocenters. The quantitative estimate of drug-likeness (QED) is 0.146. The first-order valence-electron chi connectivity index (χ1n) is 10.0. The topological polar surface area (TPSA) is 137 Å². The van der Waals surface area contributed by atoms with E-state index in [1.807, 2.05) is 0 Å². The van der Waals surface area contributed by atoms with E-state index in [0.717, 1.165) is 5.39 Å². The molecule has 2 heterocycles. The van der Waals surface area contributed by atoms with Gasteiger partial charge in [-0.2, -0.15) is 5.10 Å². The Morgan fingerprint density at radius 3 is 2.78 bits per heavy atom. The number of nitro benzene ring substituents is 1. The molecular formula is C20H25N7O4S. The van der Waals surface area contributed by atoms with Gasteiger partial charge in [0, 0.05) is 31.5 Å². The molecule has 12 heteroatoms. The molecule has 1 aromatic carbocycles. The van der Waals surface area contributed by atoms with Crippen molar-refractivity contribution in [2.45, 2.75) is 30.8 Å². The summed E-state index contributed by atoms with van der Waals surface area (Å²) in [7, 11) is 1.63. The Bertz CT molecular complexity index is 1100. The largest absolute Gasteiger partial charge is 0.383 e. The number of fused-ring (bicyclic) bond motifs is 1. The van der Waals surface area contributed by atoms with Crippen LogP contribution < -0.4 is 10.6 Å². The van der Waals surface area contributed by atoms with Gasteiger partial charge in [-0.1, -0.05) is 37.7 Å². The van der Waals surface area contributed by atoms with Crippen LogP contribution in [0.2, 0.25) is 0 Å². The molecular weight excluding hydrogens is 434 g/mol. The normalized spacial score (nSPS) is 11.1. The van der Waals surface area contributed by atoms with Gasteiger partial charge in [0.25, 0.3) is 11.6 Å². The standard InChI is InChI=1S/C20H25N7O4S/c1-13(2)32-20-24-17(21-9-11-31-3)15-12-23-26(18(15)25-20)10-8-22-19(28)14-6-4-5-7-16(14)27(29)30/h4-7,12-13H,8-11H2,1-3H3,(H,22,28)(H,21,24,25). The minimum absolute atomic E-state index is 0.0189. The minimum Gasteiger partial charge on any atom is -0.383 e. The molecule has 170 valence electrons. The van der Waals surface area contributed by atoms with Crippen molar-refractivity contribution < 1.29 is 14.5 Å². The molecule has 0 aliphatic carbocycles. The first-order chi connectivity index (χ1) is 15.4. The number of nitrogens with zero attached hydrogens (tertiary/aromatic N) is 5.